The first kappa shape index (κ1) is 15.4. The highest BCUT2D eigenvalue weighted by molar-refractivity contribution is 9.10. The number of primary amides is 1. The summed E-state index contributed by atoms with van der Waals surface area (Å²) in [4.78, 5) is 21.3. The fraction of sp³-hybridized carbons (Fsp3) is 0.364. The maximum Gasteiger partial charge on any atom is 0.312 e. The second-order valence-corrected chi connectivity index (χ2v) is 5.17. The number of nitrogens with two attached hydrogens (primary N) is 2. The molecule has 4 N–H and O–H groups in total. The summed E-state index contributed by atoms with van der Waals surface area (Å²) in [5, 5.41) is 10.8. The van der Waals surface area contributed by atoms with Crippen molar-refractivity contribution in [3.63, 3.8) is 0 Å². The van der Waals surface area contributed by atoms with Gasteiger partial charge in [0.25, 0.3) is 0 Å². The Morgan fingerprint density at radius 2 is 2.21 bits per heavy atom. The van der Waals surface area contributed by atoms with Gasteiger partial charge in [-0.1, -0.05) is 15.9 Å². The van der Waals surface area contributed by atoms with Crippen molar-refractivity contribution in [2.75, 3.05) is 6.61 Å². The second-order valence-electron chi connectivity index (χ2n) is 4.25. The van der Waals surface area contributed by atoms with Gasteiger partial charge in [-0.15, -0.1) is 0 Å². The Hall–Kier alpha value is -1.67. The molecule has 0 aliphatic carbocycles. The number of hydrogen-bond acceptors (Lipinski definition) is 5. The number of carbonyl (C=O) groups excluding carboxylic acids is 1. The van der Waals surface area contributed by atoms with E-state index in [-0.39, 0.29) is 24.5 Å². The van der Waals surface area contributed by atoms with E-state index in [9.17, 15) is 14.9 Å². The normalized spacial score (nSPS) is 13.6. The SMILES string of the molecule is CC(N)(CCOc1ccc(Br)cc1[N+](=O)[O-])C(N)=O. The molecule has 0 radical (unpaired) electrons. The lowest BCUT2D eigenvalue weighted by molar-refractivity contribution is -0.385. The molecule has 0 fully saturated rings. The van der Waals surface area contributed by atoms with Crippen LogP contribution in [0.5, 0.6) is 5.75 Å². The van der Waals surface area contributed by atoms with Crippen molar-refractivity contribution < 1.29 is 14.5 Å². The molecule has 1 amide bonds. The van der Waals surface area contributed by atoms with Gasteiger partial charge in [0, 0.05) is 17.0 Å². The van der Waals surface area contributed by atoms with E-state index < -0.39 is 16.4 Å². The Morgan fingerprint density at radius 3 is 2.74 bits per heavy atom. The highest BCUT2D eigenvalue weighted by atomic mass is 79.9. The van der Waals surface area contributed by atoms with Crippen LogP contribution in [0.2, 0.25) is 0 Å². The van der Waals surface area contributed by atoms with Gasteiger partial charge in [-0.2, -0.15) is 0 Å². The number of amides is 1. The number of nitrogens with zero attached hydrogens (tertiary/aromatic N) is 1. The number of halogens is 1. The zero-order valence-electron chi connectivity index (χ0n) is 10.3. The summed E-state index contributed by atoms with van der Waals surface area (Å²) in [5.41, 5.74) is 9.40. The fourth-order valence-corrected chi connectivity index (χ4v) is 1.60. The molecule has 1 aromatic carbocycles. The summed E-state index contributed by atoms with van der Waals surface area (Å²) < 4.78 is 5.87. The summed E-state index contributed by atoms with van der Waals surface area (Å²) in [7, 11) is 0. The average molecular weight is 332 g/mol. The molecule has 0 saturated heterocycles. The van der Waals surface area contributed by atoms with Crippen LogP contribution in [0.4, 0.5) is 5.69 Å². The number of benzene rings is 1. The second kappa shape index (κ2) is 5.98. The third kappa shape index (κ3) is 4.18. The predicted molar refractivity (Wildman–Crippen MR) is 72.7 cm³/mol. The first-order valence-electron chi connectivity index (χ1n) is 5.39. The van der Waals surface area contributed by atoms with Gasteiger partial charge in [0.15, 0.2) is 5.75 Å². The van der Waals surface area contributed by atoms with Gasteiger partial charge in [0.05, 0.1) is 17.1 Å². The topological polar surface area (TPSA) is 121 Å². The molecular formula is C11H14BrN3O4. The molecule has 0 spiro atoms. The van der Waals surface area contributed by atoms with Crippen molar-refractivity contribution in [1.82, 2.24) is 0 Å². The standard InChI is InChI=1S/C11H14BrN3O4/c1-11(14,10(13)16)4-5-19-9-3-2-7(12)6-8(9)15(17)18/h2-3,6H,4-5,14H2,1H3,(H2,13,16). The largest absolute Gasteiger partial charge is 0.487 e. The van der Waals surface area contributed by atoms with Crippen LogP contribution in [0.15, 0.2) is 22.7 Å². The first-order chi connectivity index (χ1) is 8.74. The summed E-state index contributed by atoms with van der Waals surface area (Å²) in [6.45, 7) is 1.53. The van der Waals surface area contributed by atoms with E-state index in [1.54, 1.807) is 6.07 Å². The Balaban J connectivity index is 2.74. The van der Waals surface area contributed by atoms with E-state index in [0.29, 0.717) is 4.47 Å². The van der Waals surface area contributed by atoms with Crippen LogP contribution in [0.1, 0.15) is 13.3 Å². The predicted octanol–water partition coefficient (Wildman–Crippen LogP) is 1.33. The molecule has 0 heterocycles. The van der Waals surface area contributed by atoms with E-state index in [1.165, 1.54) is 19.1 Å². The van der Waals surface area contributed by atoms with Crippen molar-refractivity contribution in [1.29, 1.82) is 0 Å². The number of nitro groups is 1. The molecule has 0 aliphatic rings. The average Bonchev–Trinajstić information content (AvgIpc) is 2.30. The number of ether oxygens (including phenoxy) is 1. The minimum absolute atomic E-state index is 0.0540. The molecule has 1 aromatic rings. The van der Waals surface area contributed by atoms with E-state index in [0.717, 1.165) is 0 Å². The third-order valence-electron chi connectivity index (χ3n) is 2.56. The fourth-order valence-electron chi connectivity index (χ4n) is 1.25. The van der Waals surface area contributed by atoms with Gasteiger partial charge in [-0.25, -0.2) is 0 Å². The maximum absolute atomic E-state index is 11.0. The van der Waals surface area contributed by atoms with Crippen LogP contribution in [0.3, 0.4) is 0 Å². The van der Waals surface area contributed by atoms with Crippen LogP contribution in [-0.4, -0.2) is 23.0 Å². The zero-order chi connectivity index (χ0) is 14.6. The highest BCUT2D eigenvalue weighted by Crippen LogP contribution is 2.30. The van der Waals surface area contributed by atoms with Gasteiger partial charge in [0.2, 0.25) is 5.91 Å². The van der Waals surface area contributed by atoms with Gasteiger partial charge < -0.3 is 16.2 Å². The van der Waals surface area contributed by atoms with Crippen LogP contribution in [-0.2, 0) is 4.79 Å². The van der Waals surface area contributed by atoms with Gasteiger partial charge in [-0.05, 0) is 19.1 Å². The number of hydrogen-bond donors (Lipinski definition) is 2. The Kier molecular flexibility index (Phi) is 4.84. The molecule has 0 saturated carbocycles. The summed E-state index contributed by atoms with van der Waals surface area (Å²) in [6.07, 6.45) is 0.162. The van der Waals surface area contributed by atoms with Crippen molar-refractivity contribution in [3.8, 4) is 5.75 Å². The molecule has 104 valence electrons. The maximum atomic E-state index is 11.0. The Morgan fingerprint density at radius 1 is 1.58 bits per heavy atom. The van der Waals surface area contributed by atoms with Gasteiger partial charge in [-0.3, -0.25) is 14.9 Å². The summed E-state index contributed by atoms with van der Waals surface area (Å²) in [6, 6.07) is 4.43. The minimum atomic E-state index is -1.20. The first-order valence-corrected chi connectivity index (χ1v) is 6.19. The van der Waals surface area contributed by atoms with E-state index in [4.69, 9.17) is 16.2 Å². The third-order valence-corrected chi connectivity index (χ3v) is 3.05. The molecule has 1 atom stereocenters. The molecule has 0 aromatic heterocycles. The molecule has 0 aliphatic heterocycles. The molecule has 1 unspecified atom stereocenters. The number of carbonyl (C=O) groups is 1. The summed E-state index contributed by atoms with van der Waals surface area (Å²) >= 11 is 3.14. The van der Waals surface area contributed by atoms with E-state index in [1.807, 2.05) is 0 Å². The molecular weight excluding hydrogens is 318 g/mol. The lowest BCUT2D eigenvalue weighted by Crippen LogP contribution is -2.50. The lowest BCUT2D eigenvalue weighted by Gasteiger charge is -2.20. The quantitative estimate of drug-likeness (QED) is 0.601. The van der Waals surface area contributed by atoms with Crippen LogP contribution < -0.4 is 16.2 Å². The Bertz CT molecular complexity index is 505. The van der Waals surface area contributed by atoms with Crippen LogP contribution in [0, 0.1) is 10.1 Å². The molecule has 1 rings (SSSR count). The van der Waals surface area contributed by atoms with Crippen LogP contribution in [0.25, 0.3) is 0 Å². The Labute approximate surface area is 118 Å². The van der Waals surface area contributed by atoms with Gasteiger partial charge >= 0.3 is 5.69 Å². The monoisotopic (exact) mass is 331 g/mol. The van der Waals surface area contributed by atoms with Crippen molar-refractivity contribution in [3.05, 3.63) is 32.8 Å². The molecule has 8 heteroatoms. The number of rotatable bonds is 6. The smallest absolute Gasteiger partial charge is 0.312 e. The molecule has 7 nitrogen and oxygen atoms in total. The number of nitro benzene ring substituents is 1. The molecule has 19 heavy (non-hydrogen) atoms. The summed E-state index contributed by atoms with van der Waals surface area (Å²) in [5.74, 6) is -0.533. The van der Waals surface area contributed by atoms with Crippen molar-refractivity contribution in [2.24, 2.45) is 11.5 Å². The highest BCUT2D eigenvalue weighted by Gasteiger charge is 2.26. The van der Waals surface area contributed by atoms with Crippen molar-refractivity contribution >= 4 is 27.5 Å². The zero-order valence-corrected chi connectivity index (χ0v) is 11.8. The van der Waals surface area contributed by atoms with Crippen molar-refractivity contribution in [2.45, 2.75) is 18.9 Å². The van der Waals surface area contributed by atoms with E-state index >= 15 is 0 Å². The minimum Gasteiger partial charge on any atom is -0.487 e. The lowest BCUT2D eigenvalue weighted by atomic mass is 9.99. The molecule has 0 bridgehead atoms. The van der Waals surface area contributed by atoms with Gasteiger partial charge in [0.1, 0.15) is 0 Å². The van der Waals surface area contributed by atoms with E-state index in [2.05, 4.69) is 15.9 Å². The van der Waals surface area contributed by atoms with Crippen LogP contribution >= 0.6 is 15.9 Å².